The normalized spacial score (nSPS) is 11.1. The van der Waals surface area contributed by atoms with E-state index in [0.717, 1.165) is 72.1 Å². The third-order valence-corrected chi connectivity index (χ3v) is 9.66. The second-order valence-electron chi connectivity index (χ2n) is 13.2. The van der Waals surface area contributed by atoms with Gasteiger partial charge in [-0.3, -0.25) is 4.98 Å². The number of aromatic nitrogens is 4. The third kappa shape index (κ3) is 6.62. The lowest BCUT2D eigenvalue weighted by molar-refractivity contribution is 1.07. The zero-order valence-corrected chi connectivity index (χ0v) is 29.2. The standard InChI is InChI=1S/C49H34N4/c1-33-17-19-38(20-18-33)42-30-43(45-16-8-14-39-15-9-29-50-46(39)45)32-44(31-42)49-52-47(40-25-21-36(22-26-40)34-10-4-2-5-11-34)51-48(53-49)41-27-23-37(24-28-41)35-12-6-3-7-13-35/h2-32H,1H3. The highest BCUT2D eigenvalue weighted by molar-refractivity contribution is 5.95. The van der Waals surface area contributed by atoms with Crippen LogP contribution in [0, 0.1) is 6.92 Å². The smallest absolute Gasteiger partial charge is 0.164 e. The van der Waals surface area contributed by atoms with Crippen molar-refractivity contribution < 1.29 is 0 Å². The Bertz CT molecular complexity index is 2580. The summed E-state index contributed by atoms with van der Waals surface area (Å²) in [7, 11) is 0. The molecule has 0 atom stereocenters. The summed E-state index contributed by atoms with van der Waals surface area (Å²) in [6.07, 6.45) is 1.85. The molecule has 0 unspecified atom stereocenters. The minimum Gasteiger partial charge on any atom is -0.256 e. The fraction of sp³-hybridized carbons (Fsp3) is 0.0204. The molecule has 4 heteroatoms. The minimum absolute atomic E-state index is 0.604. The molecule has 7 aromatic carbocycles. The van der Waals surface area contributed by atoms with E-state index >= 15 is 0 Å². The van der Waals surface area contributed by atoms with E-state index in [-0.39, 0.29) is 0 Å². The SMILES string of the molecule is Cc1ccc(-c2cc(-c3nc(-c4ccc(-c5ccccc5)cc4)nc(-c4ccc(-c5ccccc5)cc4)n3)cc(-c3cccc4cccnc34)c2)cc1. The monoisotopic (exact) mass is 678 g/mol. The number of para-hydroxylation sites is 1. The van der Waals surface area contributed by atoms with Crippen molar-refractivity contribution in [3.63, 3.8) is 0 Å². The van der Waals surface area contributed by atoms with Gasteiger partial charge < -0.3 is 0 Å². The maximum atomic E-state index is 5.18. The fourth-order valence-corrected chi connectivity index (χ4v) is 6.81. The molecular formula is C49H34N4. The molecule has 0 fully saturated rings. The van der Waals surface area contributed by atoms with Crippen molar-refractivity contribution in [1.29, 1.82) is 0 Å². The average Bonchev–Trinajstić information content (AvgIpc) is 3.24. The molecule has 4 nitrogen and oxygen atoms in total. The van der Waals surface area contributed by atoms with Gasteiger partial charge in [0.25, 0.3) is 0 Å². The number of aryl methyl sites for hydroxylation is 1. The molecular weight excluding hydrogens is 645 g/mol. The lowest BCUT2D eigenvalue weighted by Crippen LogP contribution is -2.01. The first-order valence-electron chi connectivity index (χ1n) is 17.8. The van der Waals surface area contributed by atoms with Crippen molar-refractivity contribution in [2.24, 2.45) is 0 Å². The van der Waals surface area contributed by atoms with Crippen LogP contribution < -0.4 is 0 Å². The second-order valence-corrected chi connectivity index (χ2v) is 13.2. The van der Waals surface area contributed by atoms with Crippen molar-refractivity contribution >= 4 is 10.9 Å². The van der Waals surface area contributed by atoms with Gasteiger partial charge in [-0.15, -0.1) is 0 Å². The van der Waals surface area contributed by atoms with Gasteiger partial charge in [-0.25, -0.2) is 15.0 Å². The highest BCUT2D eigenvalue weighted by atomic mass is 15.0. The maximum Gasteiger partial charge on any atom is 0.164 e. The van der Waals surface area contributed by atoms with E-state index in [1.54, 1.807) is 0 Å². The zero-order valence-electron chi connectivity index (χ0n) is 29.2. The van der Waals surface area contributed by atoms with E-state index in [1.165, 1.54) is 5.56 Å². The minimum atomic E-state index is 0.604. The Hall–Kier alpha value is -7.04. The van der Waals surface area contributed by atoms with E-state index in [9.17, 15) is 0 Å². The number of rotatable bonds is 7. The Morgan fingerprint density at radius 3 is 1.34 bits per heavy atom. The van der Waals surface area contributed by atoms with Gasteiger partial charge in [0, 0.05) is 33.8 Å². The van der Waals surface area contributed by atoms with Gasteiger partial charge in [0.1, 0.15) is 0 Å². The molecule has 0 aliphatic rings. The number of hydrogen-bond donors (Lipinski definition) is 0. The van der Waals surface area contributed by atoms with Gasteiger partial charge in [0.05, 0.1) is 5.52 Å². The van der Waals surface area contributed by atoms with Crippen molar-refractivity contribution in [3.8, 4) is 78.7 Å². The average molecular weight is 679 g/mol. The van der Waals surface area contributed by atoms with Crippen LogP contribution in [0.15, 0.2) is 188 Å². The number of benzene rings is 7. The summed E-state index contributed by atoms with van der Waals surface area (Å²) in [5.74, 6) is 1.84. The van der Waals surface area contributed by atoms with Crippen LogP contribution in [0.25, 0.3) is 89.6 Å². The molecule has 0 aliphatic carbocycles. The molecule has 0 saturated heterocycles. The van der Waals surface area contributed by atoms with Gasteiger partial charge in [-0.1, -0.05) is 163 Å². The Labute approximate surface area is 309 Å². The first-order chi connectivity index (χ1) is 26.1. The highest BCUT2D eigenvalue weighted by Gasteiger charge is 2.16. The van der Waals surface area contributed by atoms with Gasteiger partial charge in [-0.2, -0.15) is 0 Å². The van der Waals surface area contributed by atoms with Crippen molar-refractivity contribution in [2.75, 3.05) is 0 Å². The molecule has 9 aromatic rings. The van der Waals surface area contributed by atoms with E-state index in [1.807, 2.05) is 24.4 Å². The predicted octanol–water partition coefficient (Wildman–Crippen LogP) is 12.4. The Morgan fingerprint density at radius 1 is 0.321 bits per heavy atom. The van der Waals surface area contributed by atoms with Crippen LogP contribution in [-0.4, -0.2) is 19.9 Å². The van der Waals surface area contributed by atoms with E-state index in [2.05, 4.69) is 171 Å². The molecule has 250 valence electrons. The van der Waals surface area contributed by atoms with Crippen molar-refractivity contribution in [3.05, 3.63) is 194 Å². The highest BCUT2D eigenvalue weighted by Crippen LogP contribution is 2.36. The Balaban J connectivity index is 1.22. The first-order valence-corrected chi connectivity index (χ1v) is 17.8. The molecule has 0 radical (unpaired) electrons. The van der Waals surface area contributed by atoms with E-state index < -0.39 is 0 Å². The largest absolute Gasteiger partial charge is 0.256 e. The molecule has 0 N–H and O–H groups in total. The summed E-state index contributed by atoms with van der Waals surface area (Å²) in [5.41, 5.74) is 13.8. The summed E-state index contributed by atoms with van der Waals surface area (Å²) in [5, 5.41) is 1.09. The lowest BCUT2D eigenvalue weighted by Gasteiger charge is -2.14. The number of fused-ring (bicyclic) bond motifs is 1. The van der Waals surface area contributed by atoms with Gasteiger partial charge in [-0.05, 0) is 70.1 Å². The molecule has 2 aromatic heterocycles. The van der Waals surface area contributed by atoms with Crippen LogP contribution in [0.3, 0.4) is 0 Å². The summed E-state index contributed by atoms with van der Waals surface area (Å²) in [6, 6.07) is 63.4. The molecule has 0 aliphatic heterocycles. The van der Waals surface area contributed by atoms with Crippen LogP contribution in [0.1, 0.15) is 5.56 Å². The molecule has 53 heavy (non-hydrogen) atoms. The summed E-state index contributed by atoms with van der Waals surface area (Å²) >= 11 is 0. The van der Waals surface area contributed by atoms with Crippen LogP contribution in [0.4, 0.5) is 0 Å². The zero-order chi connectivity index (χ0) is 35.6. The van der Waals surface area contributed by atoms with Gasteiger partial charge in [0.2, 0.25) is 0 Å². The third-order valence-electron chi connectivity index (χ3n) is 9.66. The predicted molar refractivity (Wildman–Crippen MR) is 218 cm³/mol. The van der Waals surface area contributed by atoms with Crippen LogP contribution in [0.5, 0.6) is 0 Å². The second kappa shape index (κ2) is 13.9. The summed E-state index contributed by atoms with van der Waals surface area (Å²) in [4.78, 5) is 20.2. The first kappa shape index (κ1) is 31.9. The van der Waals surface area contributed by atoms with Gasteiger partial charge in [0.15, 0.2) is 17.5 Å². The number of pyridine rings is 1. The lowest BCUT2D eigenvalue weighted by atomic mass is 9.94. The topological polar surface area (TPSA) is 51.6 Å². The molecule has 9 rings (SSSR count). The molecule has 2 heterocycles. The van der Waals surface area contributed by atoms with Crippen molar-refractivity contribution in [1.82, 2.24) is 19.9 Å². The maximum absolute atomic E-state index is 5.18. The van der Waals surface area contributed by atoms with Gasteiger partial charge >= 0.3 is 0 Å². The molecule has 0 amide bonds. The van der Waals surface area contributed by atoms with E-state index in [4.69, 9.17) is 19.9 Å². The Kier molecular flexibility index (Phi) is 8.39. The molecule has 0 spiro atoms. The van der Waals surface area contributed by atoms with Crippen LogP contribution in [-0.2, 0) is 0 Å². The van der Waals surface area contributed by atoms with Crippen LogP contribution in [0.2, 0.25) is 0 Å². The van der Waals surface area contributed by atoms with E-state index in [0.29, 0.717) is 17.5 Å². The number of hydrogen-bond acceptors (Lipinski definition) is 4. The van der Waals surface area contributed by atoms with Crippen LogP contribution >= 0.6 is 0 Å². The summed E-state index contributed by atoms with van der Waals surface area (Å²) < 4.78 is 0. The summed E-state index contributed by atoms with van der Waals surface area (Å²) in [6.45, 7) is 2.11. The fourth-order valence-electron chi connectivity index (χ4n) is 6.81. The molecule has 0 saturated carbocycles. The Morgan fingerprint density at radius 2 is 0.755 bits per heavy atom. The number of nitrogens with zero attached hydrogens (tertiary/aromatic N) is 4. The van der Waals surface area contributed by atoms with Crippen molar-refractivity contribution in [2.45, 2.75) is 6.92 Å². The molecule has 0 bridgehead atoms. The quantitative estimate of drug-likeness (QED) is 0.168.